The van der Waals surface area contributed by atoms with Gasteiger partial charge in [-0.2, -0.15) is 4.59 Å². The number of aliphatic hydroxyl groups excluding tert-OH is 4. The summed E-state index contributed by atoms with van der Waals surface area (Å²) in [5.74, 6) is 0. The summed E-state index contributed by atoms with van der Waals surface area (Å²) in [5, 5.41) is 41.6. The molecule has 0 aromatic heterocycles. The topological polar surface area (TPSA) is 84.2 Å². The highest BCUT2D eigenvalue weighted by atomic mass is 16.4. The predicted molar refractivity (Wildman–Crippen MR) is 68.6 cm³/mol. The van der Waals surface area contributed by atoms with Crippen LogP contribution >= 0.6 is 0 Å². The lowest BCUT2D eigenvalue weighted by Gasteiger charge is -2.51. The van der Waals surface area contributed by atoms with Crippen molar-refractivity contribution in [1.29, 1.82) is 0 Å². The first-order chi connectivity index (χ1) is 8.29. The van der Waals surface area contributed by atoms with Crippen molar-refractivity contribution < 1.29 is 25.0 Å². The third-order valence-corrected chi connectivity index (χ3v) is 3.46. The molecule has 0 aliphatic heterocycles. The van der Waals surface area contributed by atoms with E-state index in [-0.39, 0.29) is 4.59 Å². The third kappa shape index (κ3) is 3.20. The van der Waals surface area contributed by atoms with Gasteiger partial charge in [-0.3, -0.25) is 0 Å². The van der Waals surface area contributed by atoms with E-state index in [2.05, 4.69) is 0 Å². The van der Waals surface area contributed by atoms with E-state index < -0.39 is 24.9 Å². The maximum Gasteiger partial charge on any atom is 0.210 e. The maximum absolute atomic E-state index is 10.3. The molecule has 0 fully saturated rings. The SMILES string of the molecule is CCC(O)[N+](CC)(C(O)CC)N(C(C)O)C(C)O. The van der Waals surface area contributed by atoms with Crippen molar-refractivity contribution >= 4 is 0 Å². The first-order valence-electron chi connectivity index (χ1n) is 6.67. The maximum atomic E-state index is 10.3. The average Bonchev–Trinajstić information content (AvgIpc) is 2.32. The molecule has 0 radical (unpaired) electrons. The molecule has 6 nitrogen and oxygen atoms in total. The van der Waals surface area contributed by atoms with E-state index in [0.29, 0.717) is 19.4 Å². The number of rotatable bonds is 8. The van der Waals surface area contributed by atoms with Crippen molar-refractivity contribution in [2.75, 3.05) is 6.54 Å². The van der Waals surface area contributed by atoms with Crippen molar-refractivity contribution in [2.24, 2.45) is 0 Å². The van der Waals surface area contributed by atoms with Gasteiger partial charge >= 0.3 is 0 Å². The lowest BCUT2D eigenvalue weighted by molar-refractivity contribution is -1.11. The molecule has 4 atom stereocenters. The molecule has 4 unspecified atom stereocenters. The first-order valence-corrected chi connectivity index (χ1v) is 6.67. The summed E-state index contributed by atoms with van der Waals surface area (Å²) in [5.41, 5.74) is 0. The highest BCUT2D eigenvalue weighted by Crippen LogP contribution is 2.28. The minimum atomic E-state index is -0.979. The zero-order valence-electron chi connectivity index (χ0n) is 12.1. The molecule has 110 valence electrons. The molecule has 0 heterocycles. The van der Waals surface area contributed by atoms with E-state index in [1.165, 1.54) is 18.9 Å². The van der Waals surface area contributed by atoms with Crippen LogP contribution in [0.2, 0.25) is 0 Å². The second kappa shape index (κ2) is 7.37. The second-order valence-electron chi connectivity index (χ2n) is 4.62. The Morgan fingerprint density at radius 1 is 0.833 bits per heavy atom. The molecule has 0 aliphatic rings. The Bertz CT molecular complexity index is 218. The van der Waals surface area contributed by atoms with Crippen LogP contribution in [0.15, 0.2) is 0 Å². The molecule has 0 aliphatic carbocycles. The summed E-state index contributed by atoms with van der Waals surface area (Å²) in [6.45, 7) is 8.82. The number of aliphatic hydroxyl groups is 4. The van der Waals surface area contributed by atoms with Gasteiger partial charge in [0.1, 0.15) is 0 Å². The average molecular weight is 265 g/mol. The molecule has 18 heavy (non-hydrogen) atoms. The quantitative estimate of drug-likeness (QED) is 0.286. The molecular formula is C12H29N2O4+. The van der Waals surface area contributed by atoms with Crippen molar-refractivity contribution in [3.8, 4) is 0 Å². The summed E-state index contributed by atoms with van der Waals surface area (Å²) in [6, 6.07) is 0. The number of hydrogen-bond donors (Lipinski definition) is 4. The summed E-state index contributed by atoms with van der Waals surface area (Å²) in [6.07, 6.45) is -2.88. The summed E-state index contributed by atoms with van der Waals surface area (Å²) in [4.78, 5) is 0. The van der Waals surface area contributed by atoms with Crippen LogP contribution in [0.3, 0.4) is 0 Å². The van der Waals surface area contributed by atoms with Crippen LogP contribution < -0.4 is 0 Å². The Kier molecular flexibility index (Phi) is 7.28. The van der Waals surface area contributed by atoms with Crippen LogP contribution in [0.4, 0.5) is 0 Å². The van der Waals surface area contributed by atoms with E-state index >= 15 is 0 Å². The molecule has 6 heteroatoms. The summed E-state index contributed by atoms with van der Waals surface area (Å²) >= 11 is 0. The Hall–Kier alpha value is -0.240. The van der Waals surface area contributed by atoms with Crippen LogP contribution in [0.5, 0.6) is 0 Å². The van der Waals surface area contributed by atoms with Crippen molar-refractivity contribution in [3.05, 3.63) is 0 Å². The molecule has 0 saturated heterocycles. The van der Waals surface area contributed by atoms with Gasteiger partial charge < -0.3 is 20.4 Å². The van der Waals surface area contributed by atoms with Gasteiger partial charge in [-0.05, 0) is 20.8 Å². The van der Waals surface area contributed by atoms with Crippen LogP contribution in [-0.2, 0) is 0 Å². The molecule has 0 rings (SSSR count). The number of nitrogens with zero attached hydrogens (tertiary/aromatic N) is 2. The second-order valence-corrected chi connectivity index (χ2v) is 4.62. The molecule has 0 aromatic carbocycles. The van der Waals surface area contributed by atoms with Gasteiger partial charge in [0.05, 0.1) is 6.54 Å². The first kappa shape index (κ1) is 17.8. The standard InChI is InChI=1S/C12H29N2O4/c1-6-11(17)14(8-3,12(18)7-2)13(9(4)15)10(5)16/h9-12,15-18H,6-8H2,1-5H3/q+1. The zero-order chi connectivity index (χ0) is 14.5. The van der Waals surface area contributed by atoms with Crippen LogP contribution in [0, 0.1) is 0 Å². The fourth-order valence-corrected chi connectivity index (χ4v) is 2.66. The fraction of sp³-hybridized carbons (Fsp3) is 1.00. The Morgan fingerprint density at radius 2 is 1.17 bits per heavy atom. The molecular weight excluding hydrogens is 236 g/mol. The monoisotopic (exact) mass is 265 g/mol. The highest BCUT2D eigenvalue weighted by Gasteiger charge is 2.49. The molecule has 0 aromatic rings. The Balaban J connectivity index is 5.66. The van der Waals surface area contributed by atoms with Gasteiger partial charge in [0.25, 0.3) is 0 Å². The molecule has 4 N–H and O–H groups in total. The van der Waals surface area contributed by atoms with Crippen molar-refractivity contribution in [2.45, 2.75) is 72.4 Å². The van der Waals surface area contributed by atoms with E-state index in [0.717, 1.165) is 0 Å². The molecule has 0 spiro atoms. The Morgan fingerprint density at radius 3 is 1.33 bits per heavy atom. The summed E-state index contributed by atoms with van der Waals surface area (Å²) in [7, 11) is 0. The normalized spacial score (nSPS) is 22.3. The lowest BCUT2D eigenvalue weighted by atomic mass is 10.2. The van der Waals surface area contributed by atoms with Gasteiger partial charge in [-0.1, -0.05) is 18.9 Å². The minimum absolute atomic E-state index is 0.248. The smallest absolute Gasteiger partial charge is 0.210 e. The van der Waals surface area contributed by atoms with Crippen molar-refractivity contribution in [3.63, 3.8) is 0 Å². The fourth-order valence-electron chi connectivity index (χ4n) is 2.66. The number of hydrogen-bond acceptors (Lipinski definition) is 5. The van der Waals surface area contributed by atoms with Crippen LogP contribution in [-0.4, -0.2) is 61.5 Å². The van der Waals surface area contributed by atoms with E-state index in [1.807, 2.05) is 6.92 Å². The number of quaternary nitrogens is 1. The summed E-state index contributed by atoms with van der Waals surface area (Å²) < 4.78 is -0.248. The largest absolute Gasteiger partial charge is 0.373 e. The van der Waals surface area contributed by atoms with Gasteiger partial charge in [0.15, 0.2) is 12.5 Å². The highest BCUT2D eigenvalue weighted by molar-refractivity contribution is 4.55. The van der Waals surface area contributed by atoms with Gasteiger partial charge in [0.2, 0.25) is 12.5 Å². The third-order valence-electron chi connectivity index (χ3n) is 3.46. The minimum Gasteiger partial charge on any atom is -0.373 e. The van der Waals surface area contributed by atoms with Gasteiger partial charge in [0, 0.05) is 12.8 Å². The van der Waals surface area contributed by atoms with E-state index in [4.69, 9.17) is 0 Å². The van der Waals surface area contributed by atoms with Crippen LogP contribution in [0.1, 0.15) is 47.5 Å². The van der Waals surface area contributed by atoms with E-state index in [9.17, 15) is 20.4 Å². The lowest BCUT2D eigenvalue weighted by Crippen LogP contribution is -2.73. The molecule has 0 bridgehead atoms. The zero-order valence-corrected chi connectivity index (χ0v) is 12.1. The molecule has 0 saturated carbocycles. The van der Waals surface area contributed by atoms with Crippen LogP contribution in [0.25, 0.3) is 0 Å². The molecule has 0 amide bonds. The van der Waals surface area contributed by atoms with Gasteiger partial charge in [-0.15, -0.1) is 0 Å². The van der Waals surface area contributed by atoms with Crippen molar-refractivity contribution in [1.82, 2.24) is 5.01 Å². The predicted octanol–water partition coefficient (Wildman–Crippen LogP) is 0.174. The Labute approximate surface area is 110 Å². The van der Waals surface area contributed by atoms with E-state index in [1.54, 1.807) is 13.8 Å². The van der Waals surface area contributed by atoms with Gasteiger partial charge in [-0.25, -0.2) is 0 Å².